The summed E-state index contributed by atoms with van der Waals surface area (Å²) in [6, 6.07) is 14.9. The number of nitrogens with one attached hydrogen (secondary N) is 1. The Hall–Kier alpha value is -3.91. The Balaban J connectivity index is 1.51. The maximum atomic E-state index is 13.6. The molecule has 2 aliphatic rings. The van der Waals surface area contributed by atoms with Crippen molar-refractivity contribution < 1.29 is 9.59 Å². The van der Waals surface area contributed by atoms with Crippen LogP contribution in [0.25, 0.3) is 10.8 Å². The molecule has 1 fully saturated rings. The summed E-state index contributed by atoms with van der Waals surface area (Å²) in [5, 5.41) is 5.70. The predicted octanol–water partition coefficient (Wildman–Crippen LogP) is 4.01. The highest BCUT2D eigenvalue weighted by Gasteiger charge is 2.30. The first-order chi connectivity index (χ1) is 19.6. The van der Waals surface area contributed by atoms with Crippen molar-refractivity contribution >= 4 is 34.0 Å². The van der Waals surface area contributed by atoms with E-state index in [1.165, 1.54) is 33.7 Å². The first-order valence-corrected chi connectivity index (χ1v) is 14.5. The molecular formula is C33H42N6O2. The first kappa shape index (κ1) is 28.6. The smallest absolute Gasteiger partial charge is 0.270 e. The summed E-state index contributed by atoms with van der Waals surface area (Å²) in [6.07, 6.45) is 2.21. The second-order valence-electron chi connectivity index (χ2n) is 12.2. The molecule has 3 aromatic rings. The van der Waals surface area contributed by atoms with Gasteiger partial charge in [-0.05, 0) is 70.4 Å². The molecule has 1 aromatic heterocycles. The van der Waals surface area contributed by atoms with Crippen molar-refractivity contribution in [2.24, 2.45) is 0 Å². The van der Waals surface area contributed by atoms with Gasteiger partial charge < -0.3 is 24.9 Å². The van der Waals surface area contributed by atoms with Gasteiger partial charge >= 0.3 is 0 Å². The second-order valence-corrected chi connectivity index (χ2v) is 12.2. The number of fused-ring (bicyclic) bond motifs is 2. The van der Waals surface area contributed by atoms with E-state index in [2.05, 4.69) is 69.9 Å². The number of benzene rings is 2. The zero-order valence-electron chi connectivity index (χ0n) is 25.0. The zero-order chi connectivity index (χ0) is 29.3. The van der Waals surface area contributed by atoms with Crippen LogP contribution in [0.5, 0.6) is 0 Å². The van der Waals surface area contributed by atoms with Gasteiger partial charge in [0.25, 0.3) is 5.91 Å². The Morgan fingerprint density at radius 3 is 2.41 bits per heavy atom. The van der Waals surface area contributed by atoms with Crippen molar-refractivity contribution in [2.45, 2.75) is 39.3 Å². The quantitative estimate of drug-likeness (QED) is 0.445. The number of amides is 2. The molecule has 2 amide bonds. The van der Waals surface area contributed by atoms with Crippen LogP contribution in [0.3, 0.4) is 0 Å². The van der Waals surface area contributed by atoms with Crippen LogP contribution in [-0.4, -0.2) is 85.5 Å². The van der Waals surface area contributed by atoms with Crippen LogP contribution < -0.4 is 15.1 Å². The molecule has 216 valence electrons. The number of rotatable bonds is 7. The van der Waals surface area contributed by atoms with Crippen LogP contribution in [0, 0.1) is 6.92 Å². The maximum Gasteiger partial charge on any atom is 0.270 e. The lowest BCUT2D eigenvalue weighted by atomic mass is 9.97. The lowest BCUT2D eigenvalue weighted by molar-refractivity contribution is -0.126. The lowest BCUT2D eigenvalue weighted by Crippen LogP contribution is -2.50. The number of aryl methyl sites for hydroxylation is 1. The minimum Gasteiger partial charge on any atom is -0.368 e. The summed E-state index contributed by atoms with van der Waals surface area (Å²) in [5.74, 6) is -0.204. The number of hydrogen-bond donors (Lipinski definition) is 1. The van der Waals surface area contributed by atoms with Gasteiger partial charge in [0.05, 0.1) is 12.2 Å². The van der Waals surface area contributed by atoms with Crippen LogP contribution >= 0.6 is 0 Å². The third-order valence-electron chi connectivity index (χ3n) is 8.09. The summed E-state index contributed by atoms with van der Waals surface area (Å²) < 4.78 is 0. The molecule has 2 aromatic carbocycles. The van der Waals surface area contributed by atoms with Crippen molar-refractivity contribution in [2.75, 3.05) is 63.2 Å². The van der Waals surface area contributed by atoms with E-state index in [9.17, 15) is 9.59 Å². The fourth-order valence-electron chi connectivity index (χ4n) is 6.39. The van der Waals surface area contributed by atoms with Crippen LogP contribution in [0.15, 0.2) is 55.1 Å². The Morgan fingerprint density at radius 2 is 1.73 bits per heavy atom. The average molecular weight is 555 g/mol. The molecule has 0 spiro atoms. The zero-order valence-corrected chi connectivity index (χ0v) is 25.0. The third kappa shape index (κ3) is 6.07. The van der Waals surface area contributed by atoms with Gasteiger partial charge in [0.1, 0.15) is 5.69 Å². The molecule has 8 nitrogen and oxygen atoms in total. The summed E-state index contributed by atoms with van der Waals surface area (Å²) in [7, 11) is 4.01. The molecule has 3 heterocycles. The molecule has 0 radical (unpaired) electrons. The van der Waals surface area contributed by atoms with Gasteiger partial charge in [-0.3, -0.25) is 9.59 Å². The number of aromatic nitrogens is 1. The van der Waals surface area contributed by atoms with Crippen molar-refractivity contribution in [1.29, 1.82) is 0 Å². The van der Waals surface area contributed by atoms with Gasteiger partial charge in [0, 0.05) is 67.1 Å². The average Bonchev–Trinajstić information content (AvgIpc) is 2.94. The van der Waals surface area contributed by atoms with E-state index in [0.717, 1.165) is 24.3 Å². The van der Waals surface area contributed by atoms with E-state index in [-0.39, 0.29) is 11.8 Å². The largest absolute Gasteiger partial charge is 0.368 e. The number of nitrogens with zero attached hydrogens (tertiary/aromatic N) is 5. The number of piperazine rings is 1. The minimum atomic E-state index is -0.415. The third-order valence-corrected chi connectivity index (χ3v) is 8.09. The fraction of sp³-hybridized carbons (Fsp3) is 0.424. The molecular weight excluding hydrogens is 512 g/mol. The highest BCUT2D eigenvalue weighted by molar-refractivity contribution is 5.97. The van der Waals surface area contributed by atoms with Crippen LogP contribution in [0.1, 0.15) is 41.2 Å². The fourth-order valence-corrected chi connectivity index (χ4v) is 6.39. The standard InChI is InChI=1S/C33H42N6O2/c1-7-30(40)38-18-16-37(17-19-38)29-20-26(32(41)35-33(3,4)22-36(5)6)34-27-21-39(15-14-25(27)29)28-13-9-12-24-11-8-10-23(2)31(24)28/h7-13,20H,1,14-19,21-22H2,2-6H3,(H,35,41). The Labute approximate surface area is 243 Å². The number of hydrogen-bond acceptors (Lipinski definition) is 6. The molecule has 0 aliphatic carbocycles. The van der Waals surface area contributed by atoms with Gasteiger partial charge in [-0.25, -0.2) is 4.98 Å². The van der Waals surface area contributed by atoms with Crippen LogP contribution in [-0.2, 0) is 17.8 Å². The van der Waals surface area contributed by atoms with E-state index in [0.29, 0.717) is 45.0 Å². The van der Waals surface area contributed by atoms with Gasteiger partial charge in [0.15, 0.2) is 0 Å². The molecule has 1 saturated heterocycles. The molecule has 0 atom stereocenters. The van der Waals surface area contributed by atoms with Gasteiger partial charge in [-0.2, -0.15) is 0 Å². The summed E-state index contributed by atoms with van der Waals surface area (Å²) in [4.78, 5) is 39.4. The monoisotopic (exact) mass is 554 g/mol. The molecule has 0 unspecified atom stereocenters. The van der Waals surface area contributed by atoms with Crippen molar-refractivity contribution in [3.63, 3.8) is 0 Å². The highest BCUT2D eigenvalue weighted by Crippen LogP contribution is 2.35. The second kappa shape index (κ2) is 11.5. The van der Waals surface area contributed by atoms with Gasteiger partial charge in [-0.1, -0.05) is 36.9 Å². The minimum absolute atomic E-state index is 0.0365. The van der Waals surface area contributed by atoms with Gasteiger partial charge in [-0.15, -0.1) is 0 Å². The normalized spacial score (nSPS) is 15.7. The summed E-state index contributed by atoms with van der Waals surface area (Å²) >= 11 is 0. The first-order valence-electron chi connectivity index (χ1n) is 14.5. The molecule has 5 rings (SSSR count). The topological polar surface area (TPSA) is 72.0 Å². The molecule has 0 saturated carbocycles. The molecule has 0 bridgehead atoms. The van der Waals surface area contributed by atoms with Crippen LogP contribution in [0.4, 0.5) is 11.4 Å². The van der Waals surface area contributed by atoms with Crippen LogP contribution in [0.2, 0.25) is 0 Å². The Kier molecular flexibility index (Phi) is 8.04. The number of carbonyl (C=O) groups excluding carboxylic acids is 2. The van der Waals surface area contributed by atoms with Crippen molar-refractivity contribution in [3.8, 4) is 0 Å². The van der Waals surface area contributed by atoms with Crippen molar-refractivity contribution in [1.82, 2.24) is 20.1 Å². The molecule has 2 aliphatic heterocycles. The van der Waals surface area contributed by atoms with E-state index in [1.54, 1.807) is 0 Å². The Morgan fingerprint density at radius 1 is 1.02 bits per heavy atom. The number of likely N-dealkylation sites (N-methyl/N-ethyl adjacent to an activating group) is 1. The highest BCUT2D eigenvalue weighted by atomic mass is 16.2. The number of pyridine rings is 1. The SMILES string of the molecule is C=CC(=O)N1CCN(c2cc(C(=O)NC(C)(C)CN(C)C)nc3c2CCN(c2cccc4cccc(C)c24)C3)CC1. The summed E-state index contributed by atoms with van der Waals surface area (Å²) in [5.41, 5.74) is 5.68. The van der Waals surface area contributed by atoms with E-state index in [1.807, 2.05) is 38.9 Å². The Bertz CT molecular complexity index is 1470. The molecule has 8 heteroatoms. The lowest BCUT2D eigenvalue weighted by Gasteiger charge is -2.39. The summed E-state index contributed by atoms with van der Waals surface area (Å²) in [6.45, 7) is 14.7. The number of carbonyl (C=O) groups is 2. The van der Waals surface area contributed by atoms with Crippen molar-refractivity contribution in [3.05, 3.63) is 77.6 Å². The predicted molar refractivity (Wildman–Crippen MR) is 167 cm³/mol. The maximum absolute atomic E-state index is 13.6. The molecule has 1 N–H and O–H groups in total. The van der Waals surface area contributed by atoms with E-state index >= 15 is 0 Å². The van der Waals surface area contributed by atoms with E-state index in [4.69, 9.17) is 4.98 Å². The van der Waals surface area contributed by atoms with Gasteiger partial charge in [0.2, 0.25) is 5.91 Å². The number of anilines is 2. The molecule has 41 heavy (non-hydrogen) atoms. The van der Waals surface area contributed by atoms with E-state index < -0.39 is 5.54 Å².